The Labute approximate surface area is 169 Å². The van der Waals surface area contributed by atoms with Crippen LogP contribution in [0.15, 0.2) is 30.5 Å². The van der Waals surface area contributed by atoms with Crippen molar-refractivity contribution < 1.29 is 18.4 Å². The molecule has 1 aromatic carbocycles. The highest BCUT2D eigenvalue weighted by Gasteiger charge is 2.17. The summed E-state index contributed by atoms with van der Waals surface area (Å²) in [5.74, 6) is -3.52. The number of nitrogens with one attached hydrogen (secondary N) is 3. The minimum absolute atomic E-state index is 0.0365. The molecule has 0 aliphatic carbocycles. The number of aromatic amines is 1. The molecule has 150 valence electrons. The van der Waals surface area contributed by atoms with Crippen molar-refractivity contribution in [2.45, 2.75) is 20.4 Å². The van der Waals surface area contributed by atoms with Crippen LogP contribution in [0.3, 0.4) is 0 Å². The lowest BCUT2D eigenvalue weighted by Crippen LogP contribution is -2.23. The Morgan fingerprint density at radius 3 is 2.55 bits per heavy atom. The lowest BCUT2D eigenvalue weighted by Gasteiger charge is -2.07. The molecule has 3 rings (SSSR count). The molecule has 7 nitrogen and oxygen atoms in total. The van der Waals surface area contributed by atoms with Crippen molar-refractivity contribution in [1.82, 2.24) is 20.5 Å². The molecule has 0 spiro atoms. The number of rotatable bonds is 5. The molecular weight excluding hydrogens is 404 g/mol. The van der Waals surface area contributed by atoms with Crippen LogP contribution in [0, 0.1) is 25.5 Å². The fourth-order valence-electron chi connectivity index (χ4n) is 2.56. The molecule has 0 radical (unpaired) electrons. The summed E-state index contributed by atoms with van der Waals surface area (Å²) in [4.78, 5) is 28.7. The summed E-state index contributed by atoms with van der Waals surface area (Å²) in [7, 11) is 0. The Kier molecular flexibility index (Phi) is 5.88. The fraction of sp³-hybridized carbons (Fsp3) is 0.158. The monoisotopic (exact) mass is 419 g/mol. The van der Waals surface area contributed by atoms with Crippen molar-refractivity contribution in [3.05, 3.63) is 75.2 Å². The van der Waals surface area contributed by atoms with Crippen LogP contribution < -0.4 is 10.6 Å². The van der Waals surface area contributed by atoms with Crippen molar-refractivity contribution >= 4 is 29.2 Å². The molecule has 0 atom stereocenters. The average Bonchev–Trinajstić information content (AvgIpc) is 3.12. The number of aryl methyl sites for hydroxylation is 2. The van der Waals surface area contributed by atoms with Gasteiger partial charge < -0.3 is 10.6 Å². The largest absolute Gasteiger partial charge is 0.346 e. The number of H-pyrrole nitrogens is 1. The van der Waals surface area contributed by atoms with Gasteiger partial charge in [-0.2, -0.15) is 5.10 Å². The van der Waals surface area contributed by atoms with E-state index in [0.29, 0.717) is 12.1 Å². The van der Waals surface area contributed by atoms with Gasteiger partial charge in [-0.05, 0) is 43.2 Å². The molecule has 0 fully saturated rings. The van der Waals surface area contributed by atoms with Gasteiger partial charge in [-0.25, -0.2) is 8.78 Å². The maximum atomic E-state index is 13.4. The van der Waals surface area contributed by atoms with E-state index >= 15 is 0 Å². The lowest BCUT2D eigenvalue weighted by atomic mass is 10.1. The second-order valence-electron chi connectivity index (χ2n) is 6.30. The summed E-state index contributed by atoms with van der Waals surface area (Å²) < 4.78 is 26.5. The number of anilines is 1. The molecule has 0 aliphatic rings. The summed E-state index contributed by atoms with van der Waals surface area (Å²) in [6, 6.07) is 4.61. The van der Waals surface area contributed by atoms with Gasteiger partial charge in [0.25, 0.3) is 11.8 Å². The molecule has 3 aromatic rings. The Bertz CT molecular complexity index is 1100. The highest BCUT2D eigenvalue weighted by atomic mass is 35.5. The minimum Gasteiger partial charge on any atom is -0.346 e. The molecule has 0 saturated carbocycles. The predicted molar refractivity (Wildman–Crippen MR) is 103 cm³/mol. The van der Waals surface area contributed by atoms with E-state index in [4.69, 9.17) is 11.6 Å². The van der Waals surface area contributed by atoms with E-state index < -0.39 is 23.4 Å². The summed E-state index contributed by atoms with van der Waals surface area (Å²) in [6.07, 6.45) is 1.69. The van der Waals surface area contributed by atoms with Gasteiger partial charge in [-0.1, -0.05) is 11.6 Å². The molecule has 3 N–H and O–H groups in total. The molecule has 0 unspecified atom stereocenters. The lowest BCUT2D eigenvalue weighted by molar-refractivity contribution is 0.0945. The van der Waals surface area contributed by atoms with Gasteiger partial charge in [0.05, 0.1) is 10.6 Å². The first-order chi connectivity index (χ1) is 13.7. The molecule has 2 amide bonds. The van der Waals surface area contributed by atoms with Gasteiger partial charge in [0.2, 0.25) is 0 Å². The molecular formula is C19H16ClF2N5O2. The predicted octanol–water partition coefficient (Wildman–Crippen LogP) is 3.54. The Hall–Kier alpha value is -3.33. The van der Waals surface area contributed by atoms with Crippen LogP contribution >= 0.6 is 11.6 Å². The molecule has 0 bridgehead atoms. The highest BCUT2D eigenvalue weighted by molar-refractivity contribution is 6.34. The van der Waals surface area contributed by atoms with Gasteiger partial charge in [0.1, 0.15) is 5.82 Å². The molecule has 2 aromatic heterocycles. The van der Waals surface area contributed by atoms with E-state index in [1.165, 1.54) is 6.07 Å². The number of aromatic nitrogens is 3. The van der Waals surface area contributed by atoms with Gasteiger partial charge in [-0.15, -0.1) is 0 Å². The van der Waals surface area contributed by atoms with Crippen LogP contribution in [0.4, 0.5) is 14.6 Å². The number of nitrogens with zero attached hydrogens (tertiary/aromatic N) is 2. The zero-order valence-corrected chi connectivity index (χ0v) is 16.2. The standard InChI is InChI=1S/C19H16ClF2N5O2/c1-9-3-10(2)23-7-11(9)8-24-19(29)16-6-17(27-26-16)25-18(28)12-4-14(21)15(22)5-13(12)20/h3-7H,8H2,1-2H3,(H,24,29)(H2,25,26,27,28). The number of pyridine rings is 1. The summed E-state index contributed by atoms with van der Waals surface area (Å²) in [5.41, 5.74) is 2.52. The topological polar surface area (TPSA) is 99.8 Å². The van der Waals surface area contributed by atoms with E-state index in [0.717, 1.165) is 16.8 Å². The van der Waals surface area contributed by atoms with Crippen LogP contribution in [0.5, 0.6) is 0 Å². The quantitative estimate of drug-likeness (QED) is 0.551. The number of carbonyl (C=O) groups is 2. The van der Waals surface area contributed by atoms with Crippen molar-refractivity contribution in [2.24, 2.45) is 0 Å². The zero-order valence-electron chi connectivity index (χ0n) is 15.4. The number of hydrogen-bond donors (Lipinski definition) is 3. The molecule has 0 aliphatic heterocycles. The normalized spacial score (nSPS) is 10.7. The SMILES string of the molecule is Cc1cc(C)c(CNC(=O)c2cc(NC(=O)c3cc(F)c(F)cc3Cl)[nH]n2)cn1. The van der Waals surface area contributed by atoms with E-state index in [2.05, 4.69) is 25.8 Å². The van der Waals surface area contributed by atoms with Crippen molar-refractivity contribution in [1.29, 1.82) is 0 Å². The fourth-order valence-corrected chi connectivity index (χ4v) is 2.80. The first-order valence-electron chi connectivity index (χ1n) is 8.46. The number of carbonyl (C=O) groups excluding carboxylic acids is 2. The third-order valence-corrected chi connectivity index (χ3v) is 4.42. The van der Waals surface area contributed by atoms with Crippen molar-refractivity contribution in [3.63, 3.8) is 0 Å². The van der Waals surface area contributed by atoms with Crippen LogP contribution in [0.25, 0.3) is 0 Å². The number of amides is 2. The maximum Gasteiger partial charge on any atom is 0.272 e. The Morgan fingerprint density at radius 1 is 1.10 bits per heavy atom. The van der Waals surface area contributed by atoms with Crippen LogP contribution in [0.1, 0.15) is 37.7 Å². The second-order valence-corrected chi connectivity index (χ2v) is 6.71. The van der Waals surface area contributed by atoms with E-state index in [-0.39, 0.29) is 28.6 Å². The van der Waals surface area contributed by atoms with E-state index in [1.54, 1.807) is 6.20 Å². The number of hydrogen-bond acceptors (Lipinski definition) is 4. The number of benzene rings is 1. The van der Waals surface area contributed by atoms with Crippen molar-refractivity contribution in [3.8, 4) is 0 Å². The molecule has 0 saturated heterocycles. The first-order valence-corrected chi connectivity index (χ1v) is 8.84. The van der Waals surface area contributed by atoms with E-state index in [1.807, 2.05) is 19.9 Å². The molecule has 2 heterocycles. The third kappa shape index (κ3) is 4.75. The minimum atomic E-state index is -1.20. The Balaban J connectivity index is 1.65. The smallest absolute Gasteiger partial charge is 0.272 e. The van der Waals surface area contributed by atoms with Gasteiger partial charge in [-0.3, -0.25) is 19.7 Å². The molecule has 10 heteroatoms. The first kappa shape index (κ1) is 20.4. The maximum absolute atomic E-state index is 13.4. The summed E-state index contributed by atoms with van der Waals surface area (Å²) >= 11 is 5.78. The third-order valence-electron chi connectivity index (χ3n) is 4.11. The van der Waals surface area contributed by atoms with Crippen molar-refractivity contribution in [2.75, 3.05) is 5.32 Å². The number of halogens is 3. The van der Waals surface area contributed by atoms with E-state index in [9.17, 15) is 18.4 Å². The second kappa shape index (κ2) is 8.36. The average molecular weight is 420 g/mol. The summed E-state index contributed by atoms with van der Waals surface area (Å²) in [6.45, 7) is 4.06. The molecule has 29 heavy (non-hydrogen) atoms. The Morgan fingerprint density at radius 2 is 1.83 bits per heavy atom. The summed E-state index contributed by atoms with van der Waals surface area (Å²) in [5, 5.41) is 11.2. The zero-order chi connectivity index (χ0) is 21.1. The van der Waals surface area contributed by atoms with Gasteiger partial charge >= 0.3 is 0 Å². The van der Waals surface area contributed by atoms with Crippen LogP contribution in [-0.4, -0.2) is 27.0 Å². The highest BCUT2D eigenvalue weighted by Crippen LogP contribution is 2.21. The van der Waals surface area contributed by atoms with Gasteiger partial charge in [0, 0.05) is 24.5 Å². The van der Waals surface area contributed by atoms with Gasteiger partial charge in [0.15, 0.2) is 17.3 Å². The van der Waals surface area contributed by atoms with Crippen LogP contribution in [-0.2, 0) is 6.54 Å². The van der Waals surface area contributed by atoms with Crippen LogP contribution in [0.2, 0.25) is 5.02 Å².